The van der Waals surface area contributed by atoms with Crippen molar-refractivity contribution >= 4 is 16.0 Å². The van der Waals surface area contributed by atoms with Crippen LogP contribution in [0.2, 0.25) is 0 Å². The van der Waals surface area contributed by atoms with Crippen LogP contribution in [0.25, 0.3) is 0 Å². The minimum absolute atomic E-state index is 0.0826. The highest BCUT2D eigenvalue weighted by Crippen LogP contribution is 2.10. The van der Waals surface area contributed by atoms with Crippen LogP contribution in [0.4, 0.5) is 0 Å². The summed E-state index contributed by atoms with van der Waals surface area (Å²) in [4.78, 5) is 11.0. The van der Waals surface area contributed by atoms with Crippen molar-refractivity contribution in [1.82, 2.24) is 10.0 Å². The molecule has 0 aromatic carbocycles. The van der Waals surface area contributed by atoms with Crippen LogP contribution < -0.4 is 10.0 Å². The Kier molecular flexibility index (Phi) is 5.51. The summed E-state index contributed by atoms with van der Waals surface area (Å²) in [5.74, 6) is -1.09. The number of carboxylic acid groups (broad SMARTS) is 1. The maximum atomic E-state index is 11.9. The molecule has 1 heterocycles. The van der Waals surface area contributed by atoms with Gasteiger partial charge in [0.1, 0.15) is 6.04 Å². The first kappa shape index (κ1) is 15.4. The zero-order valence-electron chi connectivity index (χ0n) is 10.5. The molecular weight excluding hydrogens is 260 g/mol. The van der Waals surface area contributed by atoms with Gasteiger partial charge in [0.15, 0.2) is 5.44 Å². The fraction of sp³-hybridized carbons (Fsp3) is 0.900. The molecule has 0 spiro atoms. The lowest BCUT2D eigenvalue weighted by molar-refractivity contribution is -0.139. The van der Waals surface area contributed by atoms with Crippen molar-refractivity contribution in [2.45, 2.75) is 31.7 Å². The van der Waals surface area contributed by atoms with Crippen molar-refractivity contribution < 1.29 is 23.1 Å². The molecule has 1 rings (SSSR count). The molecule has 1 fully saturated rings. The fourth-order valence-corrected chi connectivity index (χ4v) is 3.04. The van der Waals surface area contributed by atoms with Gasteiger partial charge in [0.05, 0.1) is 6.61 Å². The average molecular weight is 280 g/mol. The van der Waals surface area contributed by atoms with Gasteiger partial charge in [0.25, 0.3) is 0 Å². The van der Waals surface area contributed by atoms with E-state index in [2.05, 4.69) is 10.0 Å². The number of nitrogens with one attached hydrogen (secondary N) is 2. The van der Waals surface area contributed by atoms with Crippen molar-refractivity contribution in [2.75, 3.05) is 19.7 Å². The largest absolute Gasteiger partial charge is 0.480 e. The van der Waals surface area contributed by atoms with Crippen LogP contribution in [0.15, 0.2) is 0 Å². The highest BCUT2D eigenvalue weighted by atomic mass is 32.2. The second-order valence-electron chi connectivity index (χ2n) is 4.69. The highest BCUT2D eigenvalue weighted by Gasteiger charge is 2.32. The molecule has 0 aromatic rings. The molecule has 0 aliphatic carbocycles. The molecule has 1 unspecified atom stereocenters. The van der Waals surface area contributed by atoms with Gasteiger partial charge in [-0.2, -0.15) is 4.72 Å². The second kappa shape index (κ2) is 6.46. The molecular formula is C10H20N2O5S. The van der Waals surface area contributed by atoms with Crippen molar-refractivity contribution in [3.8, 4) is 0 Å². The normalized spacial score (nSPS) is 22.9. The van der Waals surface area contributed by atoms with E-state index in [0.717, 1.165) is 0 Å². The predicted molar refractivity (Wildman–Crippen MR) is 65.5 cm³/mol. The lowest BCUT2D eigenvalue weighted by Gasteiger charge is -2.25. The highest BCUT2D eigenvalue weighted by molar-refractivity contribution is 7.90. The third kappa shape index (κ3) is 4.52. The summed E-state index contributed by atoms with van der Waals surface area (Å²) >= 11 is 0. The van der Waals surface area contributed by atoms with E-state index in [1.165, 1.54) is 0 Å². The number of ether oxygens (including phenoxy) is 1. The summed E-state index contributed by atoms with van der Waals surface area (Å²) in [5, 5.41) is 11.9. The van der Waals surface area contributed by atoms with E-state index in [0.29, 0.717) is 13.2 Å². The lowest BCUT2D eigenvalue weighted by Crippen LogP contribution is -2.51. The SMILES string of the molecule is CC(C)C[C@H](NS(=O)(=O)C1CNCCO1)C(=O)O. The van der Waals surface area contributed by atoms with E-state index < -0.39 is 27.5 Å². The molecule has 2 atom stereocenters. The molecule has 1 aliphatic heterocycles. The third-order valence-corrected chi connectivity index (χ3v) is 4.16. The van der Waals surface area contributed by atoms with Gasteiger partial charge in [-0.05, 0) is 12.3 Å². The lowest BCUT2D eigenvalue weighted by atomic mass is 10.1. The Hall–Kier alpha value is -0.700. The summed E-state index contributed by atoms with van der Waals surface area (Å²) in [6.45, 7) is 4.74. The number of carboxylic acids is 1. The Labute approximate surface area is 107 Å². The molecule has 0 aromatic heterocycles. The number of rotatable bonds is 6. The Morgan fingerprint density at radius 3 is 2.67 bits per heavy atom. The Bertz CT molecular complexity index is 376. The van der Waals surface area contributed by atoms with Crippen molar-refractivity contribution in [3.05, 3.63) is 0 Å². The number of morpholine rings is 1. The average Bonchev–Trinajstić information content (AvgIpc) is 2.28. The topological polar surface area (TPSA) is 105 Å². The van der Waals surface area contributed by atoms with Crippen LogP contribution in [0.1, 0.15) is 20.3 Å². The molecule has 0 radical (unpaired) electrons. The maximum Gasteiger partial charge on any atom is 0.321 e. The van der Waals surface area contributed by atoms with Crippen LogP contribution >= 0.6 is 0 Å². The van der Waals surface area contributed by atoms with Crippen molar-refractivity contribution in [1.29, 1.82) is 0 Å². The van der Waals surface area contributed by atoms with Gasteiger partial charge in [-0.1, -0.05) is 13.8 Å². The molecule has 0 saturated carbocycles. The van der Waals surface area contributed by atoms with Crippen LogP contribution in [0, 0.1) is 5.92 Å². The second-order valence-corrected chi connectivity index (χ2v) is 6.54. The van der Waals surface area contributed by atoms with Gasteiger partial charge in [-0.25, -0.2) is 8.42 Å². The Balaban J connectivity index is 2.68. The van der Waals surface area contributed by atoms with E-state index in [9.17, 15) is 13.2 Å². The number of carbonyl (C=O) groups is 1. The van der Waals surface area contributed by atoms with Gasteiger partial charge in [-0.3, -0.25) is 4.79 Å². The zero-order valence-corrected chi connectivity index (χ0v) is 11.4. The molecule has 0 amide bonds. The van der Waals surface area contributed by atoms with E-state index >= 15 is 0 Å². The summed E-state index contributed by atoms with van der Waals surface area (Å²) in [6.07, 6.45) is 0.245. The molecule has 7 nitrogen and oxygen atoms in total. The van der Waals surface area contributed by atoms with Crippen LogP contribution in [-0.4, -0.2) is 50.7 Å². The molecule has 1 aliphatic rings. The first-order chi connectivity index (χ1) is 8.33. The minimum atomic E-state index is -3.79. The van der Waals surface area contributed by atoms with E-state index in [1.54, 1.807) is 0 Å². The zero-order chi connectivity index (χ0) is 13.8. The molecule has 106 valence electrons. The van der Waals surface area contributed by atoms with Gasteiger partial charge < -0.3 is 15.2 Å². The van der Waals surface area contributed by atoms with Gasteiger partial charge in [-0.15, -0.1) is 0 Å². The van der Waals surface area contributed by atoms with E-state index in [4.69, 9.17) is 9.84 Å². The van der Waals surface area contributed by atoms with Crippen LogP contribution in [-0.2, 0) is 19.6 Å². The minimum Gasteiger partial charge on any atom is -0.480 e. The fourth-order valence-electron chi connectivity index (χ4n) is 1.69. The molecule has 3 N–H and O–H groups in total. The first-order valence-electron chi connectivity index (χ1n) is 5.89. The van der Waals surface area contributed by atoms with Crippen LogP contribution in [0.5, 0.6) is 0 Å². The van der Waals surface area contributed by atoms with Crippen LogP contribution in [0.3, 0.4) is 0 Å². The maximum absolute atomic E-state index is 11.9. The summed E-state index contributed by atoms with van der Waals surface area (Å²) < 4.78 is 31.2. The molecule has 18 heavy (non-hydrogen) atoms. The first-order valence-corrected chi connectivity index (χ1v) is 7.44. The number of aliphatic carboxylic acids is 1. The Morgan fingerprint density at radius 2 is 2.22 bits per heavy atom. The predicted octanol–water partition coefficient (Wildman–Crippen LogP) is -0.649. The number of hydrogen-bond donors (Lipinski definition) is 3. The van der Waals surface area contributed by atoms with E-state index in [1.807, 2.05) is 13.8 Å². The third-order valence-electron chi connectivity index (χ3n) is 2.55. The summed E-state index contributed by atoms with van der Waals surface area (Å²) in [5.41, 5.74) is -1.03. The monoisotopic (exact) mass is 280 g/mol. The number of hydrogen-bond acceptors (Lipinski definition) is 5. The molecule has 8 heteroatoms. The van der Waals surface area contributed by atoms with Gasteiger partial charge >= 0.3 is 5.97 Å². The van der Waals surface area contributed by atoms with E-state index in [-0.39, 0.29) is 18.9 Å². The smallest absolute Gasteiger partial charge is 0.321 e. The Morgan fingerprint density at radius 1 is 1.56 bits per heavy atom. The molecule has 1 saturated heterocycles. The standard InChI is InChI=1S/C10H20N2O5S/c1-7(2)5-8(10(13)14)12-18(15,16)9-6-11-3-4-17-9/h7-9,11-12H,3-6H2,1-2H3,(H,13,14)/t8-,9?/m0/s1. The van der Waals surface area contributed by atoms with Gasteiger partial charge in [0.2, 0.25) is 10.0 Å². The van der Waals surface area contributed by atoms with Gasteiger partial charge in [0, 0.05) is 13.1 Å². The summed E-state index contributed by atoms with van der Waals surface area (Å²) in [7, 11) is -3.79. The van der Waals surface area contributed by atoms with Crippen molar-refractivity contribution in [3.63, 3.8) is 0 Å². The molecule has 0 bridgehead atoms. The quantitative estimate of drug-likeness (QED) is 0.597. The number of sulfonamides is 1. The summed E-state index contributed by atoms with van der Waals surface area (Å²) in [6, 6.07) is -1.11. The van der Waals surface area contributed by atoms with Crippen molar-refractivity contribution in [2.24, 2.45) is 5.92 Å².